The highest BCUT2D eigenvalue weighted by Gasteiger charge is 2.22. The topological polar surface area (TPSA) is 53.6 Å². The molecule has 1 fully saturated rings. The number of amides is 1. The Labute approximate surface area is 165 Å². The molecule has 1 aliphatic rings. The van der Waals surface area contributed by atoms with E-state index in [4.69, 9.17) is 16.3 Å². The second-order valence-corrected chi connectivity index (χ2v) is 7.06. The summed E-state index contributed by atoms with van der Waals surface area (Å²) >= 11 is 6.05. The number of benzene rings is 2. The molecule has 1 saturated heterocycles. The van der Waals surface area contributed by atoms with E-state index in [1.165, 1.54) is 5.56 Å². The Bertz CT molecular complexity index is 728. The van der Waals surface area contributed by atoms with E-state index in [1.807, 2.05) is 36.4 Å². The lowest BCUT2D eigenvalue weighted by Gasteiger charge is -2.35. The van der Waals surface area contributed by atoms with E-state index in [0.717, 1.165) is 50.0 Å². The maximum atomic E-state index is 11.6. The average molecular weight is 388 g/mol. The highest BCUT2D eigenvalue weighted by atomic mass is 35.5. The van der Waals surface area contributed by atoms with Crippen LogP contribution in [0.1, 0.15) is 27.5 Å². The molecule has 0 bridgehead atoms. The molecule has 2 aromatic carbocycles. The van der Waals surface area contributed by atoms with Gasteiger partial charge < -0.3 is 15.4 Å². The van der Waals surface area contributed by atoms with Gasteiger partial charge in [0.15, 0.2) is 0 Å². The van der Waals surface area contributed by atoms with E-state index in [1.54, 1.807) is 7.05 Å². The highest BCUT2D eigenvalue weighted by Crippen LogP contribution is 2.23. The molecule has 144 valence electrons. The quantitative estimate of drug-likeness (QED) is 0.767. The summed E-state index contributed by atoms with van der Waals surface area (Å²) in [5, 5.41) is 6.95. The number of carbonyl (C=O) groups is 1. The molecule has 1 unspecified atom stereocenters. The van der Waals surface area contributed by atoms with Crippen LogP contribution >= 0.6 is 11.6 Å². The summed E-state index contributed by atoms with van der Waals surface area (Å²) in [5.74, 6) is -0.0652. The number of carbonyl (C=O) groups excluding carboxylic acids is 1. The molecule has 0 aromatic heterocycles. The largest absolute Gasteiger partial charge is 0.379 e. The third-order valence-electron chi connectivity index (χ3n) is 4.85. The van der Waals surface area contributed by atoms with Gasteiger partial charge in [0.1, 0.15) is 0 Å². The first kappa shape index (κ1) is 19.8. The number of ether oxygens (including phenoxy) is 1. The molecule has 1 atom stereocenters. The number of nitrogens with one attached hydrogen (secondary N) is 2. The van der Waals surface area contributed by atoms with Crippen molar-refractivity contribution < 1.29 is 9.53 Å². The van der Waals surface area contributed by atoms with E-state index in [2.05, 4.69) is 27.7 Å². The molecule has 5 nitrogen and oxygen atoms in total. The molecule has 6 heteroatoms. The van der Waals surface area contributed by atoms with Gasteiger partial charge in [0.2, 0.25) is 0 Å². The van der Waals surface area contributed by atoms with E-state index in [-0.39, 0.29) is 11.9 Å². The standard InChI is InChI=1S/C21H26ClN3O2/c1-23-21(26)18-4-2-16(3-5-18)14-24-15-20(25-10-12-27-13-11-25)17-6-8-19(22)9-7-17/h2-9,20,24H,10-15H2,1H3,(H,23,26). The first-order valence-electron chi connectivity index (χ1n) is 9.26. The summed E-state index contributed by atoms with van der Waals surface area (Å²) in [4.78, 5) is 14.1. The van der Waals surface area contributed by atoms with Crippen LogP contribution in [-0.4, -0.2) is 50.7 Å². The molecule has 1 aliphatic heterocycles. The summed E-state index contributed by atoms with van der Waals surface area (Å²) in [6, 6.07) is 16.1. The number of morpholine rings is 1. The predicted molar refractivity (Wildman–Crippen MR) is 108 cm³/mol. The molecule has 0 radical (unpaired) electrons. The second-order valence-electron chi connectivity index (χ2n) is 6.62. The van der Waals surface area contributed by atoms with Gasteiger partial charge in [0, 0.05) is 49.9 Å². The molecule has 1 amide bonds. The number of rotatable bonds is 7. The predicted octanol–water partition coefficient (Wildman–Crippen LogP) is 2.86. The van der Waals surface area contributed by atoms with Gasteiger partial charge in [-0.05, 0) is 35.4 Å². The molecular weight excluding hydrogens is 362 g/mol. The van der Waals surface area contributed by atoms with Gasteiger partial charge in [-0.25, -0.2) is 0 Å². The lowest BCUT2D eigenvalue weighted by molar-refractivity contribution is 0.0161. The Hall–Kier alpha value is -1.92. The van der Waals surface area contributed by atoms with Crippen molar-refractivity contribution in [3.05, 3.63) is 70.2 Å². The molecule has 2 N–H and O–H groups in total. The third kappa shape index (κ3) is 5.53. The minimum absolute atomic E-state index is 0.0652. The monoisotopic (exact) mass is 387 g/mol. The fraction of sp³-hybridized carbons (Fsp3) is 0.381. The summed E-state index contributed by atoms with van der Waals surface area (Å²) in [7, 11) is 1.64. The molecule has 2 aromatic rings. The van der Waals surface area contributed by atoms with Crippen LogP contribution in [-0.2, 0) is 11.3 Å². The van der Waals surface area contributed by atoms with Crippen molar-refractivity contribution in [2.75, 3.05) is 39.9 Å². The van der Waals surface area contributed by atoms with Crippen molar-refractivity contribution in [1.29, 1.82) is 0 Å². The zero-order chi connectivity index (χ0) is 19.1. The minimum atomic E-state index is -0.0652. The van der Waals surface area contributed by atoms with Crippen LogP contribution in [0, 0.1) is 0 Å². The molecule has 0 saturated carbocycles. The van der Waals surface area contributed by atoms with E-state index in [9.17, 15) is 4.79 Å². The summed E-state index contributed by atoms with van der Waals surface area (Å²) in [5.41, 5.74) is 3.08. The lowest BCUT2D eigenvalue weighted by atomic mass is 10.0. The minimum Gasteiger partial charge on any atom is -0.379 e. The van der Waals surface area contributed by atoms with Crippen molar-refractivity contribution in [3.63, 3.8) is 0 Å². The SMILES string of the molecule is CNC(=O)c1ccc(CNCC(c2ccc(Cl)cc2)N2CCOCC2)cc1. The molecule has 0 aliphatic carbocycles. The van der Waals surface area contributed by atoms with Crippen molar-refractivity contribution in [1.82, 2.24) is 15.5 Å². The normalized spacial score (nSPS) is 16.1. The molecule has 3 rings (SSSR count). The number of hydrogen-bond acceptors (Lipinski definition) is 4. The lowest BCUT2D eigenvalue weighted by Crippen LogP contribution is -2.42. The van der Waals surface area contributed by atoms with Crippen LogP contribution in [0.2, 0.25) is 5.02 Å². The van der Waals surface area contributed by atoms with Crippen LogP contribution in [0.5, 0.6) is 0 Å². The third-order valence-corrected chi connectivity index (χ3v) is 5.10. The Morgan fingerprint density at radius 1 is 1.11 bits per heavy atom. The fourth-order valence-electron chi connectivity index (χ4n) is 3.30. The first-order valence-corrected chi connectivity index (χ1v) is 9.64. The van der Waals surface area contributed by atoms with Crippen LogP contribution in [0.25, 0.3) is 0 Å². The number of nitrogens with zero attached hydrogens (tertiary/aromatic N) is 1. The maximum Gasteiger partial charge on any atom is 0.251 e. The summed E-state index contributed by atoms with van der Waals surface area (Å²) in [6.07, 6.45) is 0. The van der Waals surface area contributed by atoms with Crippen molar-refractivity contribution in [2.24, 2.45) is 0 Å². The van der Waals surface area contributed by atoms with Crippen molar-refractivity contribution in [2.45, 2.75) is 12.6 Å². The zero-order valence-corrected chi connectivity index (χ0v) is 16.3. The summed E-state index contributed by atoms with van der Waals surface area (Å²) < 4.78 is 5.50. The van der Waals surface area contributed by atoms with Gasteiger partial charge in [-0.3, -0.25) is 9.69 Å². The number of halogens is 1. The molecular formula is C21H26ClN3O2. The Kier molecular flexibility index (Phi) is 7.24. The fourth-order valence-corrected chi connectivity index (χ4v) is 3.43. The Morgan fingerprint density at radius 2 is 1.78 bits per heavy atom. The van der Waals surface area contributed by atoms with Gasteiger partial charge in [0.25, 0.3) is 5.91 Å². The maximum absolute atomic E-state index is 11.6. The van der Waals surface area contributed by atoms with E-state index < -0.39 is 0 Å². The Morgan fingerprint density at radius 3 is 2.41 bits per heavy atom. The van der Waals surface area contributed by atoms with Gasteiger partial charge in [0.05, 0.1) is 13.2 Å². The van der Waals surface area contributed by atoms with Gasteiger partial charge in [-0.1, -0.05) is 35.9 Å². The zero-order valence-electron chi connectivity index (χ0n) is 15.6. The van der Waals surface area contributed by atoms with Gasteiger partial charge >= 0.3 is 0 Å². The van der Waals surface area contributed by atoms with Gasteiger partial charge in [-0.2, -0.15) is 0 Å². The van der Waals surface area contributed by atoms with E-state index in [0.29, 0.717) is 5.56 Å². The first-order chi connectivity index (χ1) is 13.2. The average Bonchev–Trinajstić information content (AvgIpc) is 2.72. The smallest absolute Gasteiger partial charge is 0.251 e. The second kappa shape index (κ2) is 9.85. The van der Waals surface area contributed by atoms with Crippen molar-refractivity contribution >= 4 is 17.5 Å². The van der Waals surface area contributed by atoms with Crippen LogP contribution in [0.3, 0.4) is 0 Å². The highest BCUT2D eigenvalue weighted by molar-refractivity contribution is 6.30. The Balaban J connectivity index is 1.62. The molecule has 0 spiro atoms. The molecule has 27 heavy (non-hydrogen) atoms. The van der Waals surface area contributed by atoms with Crippen LogP contribution in [0.15, 0.2) is 48.5 Å². The summed E-state index contributed by atoms with van der Waals surface area (Å²) in [6.45, 7) is 4.98. The van der Waals surface area contributed by atoms with Crippen LogP contribution in [0.4, 0.5) is 0 Å². The van der Waals surface area contributed by atoms with Crippen molar-refractivity contribution in [3.8, 4) is 0 Å². The molecule has 1 heterocycles. The van der Waals surface area contributed by atoms with Gasteiger partial charge in [-0.15, -0.1) is 0 Å². The van der Waals surface area contributed by atoms with Crippen LogP contribution < -0.4 is 10.6 Å². The number of hydrogen-bond donors (Lipinski definition) is 2. The van der Waals surface area contributed by atoms with E-state index >= 15 is 0 Å².